The molecule has 0 unspecified atom stereocenters. The Hall–Kier alpha value is -1.00. The Morgan fingerprint density at radius 1 is 1.50 bits per heavy atom. The Labute approximate surface area is 114 Å². The van der Waals surface area contributed by atoms with Crippen LogP contribution in [0.5, 0.6) is 0 Å². The standard InChI is InChI=1S/C13H22ClN3O/c1-3-5-7-12-16-11(13(14)17-12)10-15-8-6-9-18-4-2/h4,15H,2-3,5-10H2,1H3,(H,16,17). The van der Waals surface area contributed by atoms with Gasteiger partial charge in [-0.2, -0.15) is 0 Å². The number of rotatable bonds is 10. The van der Waals surface area contributed by atoms with Crippen molar-refractivity contribution in [3.63, 3.8) is 0 Å². The van der Waals surface area contributed by atoms with Crippen molar-refractivity contribution in [2.45, 2.75) is 39.2 Å². The maximum Gasteiger partial charge on any atom is 0.151 e. The Morgan fingerprint density at radius 3 is 3.06 bits per heavy atom. The third-order valence-corrected chi connectivity index (χ3v) is 2.89. The van der Waals surface area contributed by atoms with E-state index in [9.17, 15) is 0 Å². The number of ether oxygens (including phenoxy) is 1. The molecule has 0 radical (unpaired) electrons. The van der Waals surface area contributed by atoms with Gasteiger partial charge in [0.15, 0.2) is 5.15 Å². The third kappa shape index (κ3) is 5.56. The molecular formula is C13H22ClN3O. The summed E-state index contributed by atoms with van der Waals surface area (Å²) in [7, 11) is 0. The van der Waals surface area contributed by atoms with Crippen LogP contribution in [0.4, 0.5) is 0 Å². The first-order valence-electron chi connectivity index (χ1n) is 6.44. The van der Waals surface area contributed by atoms with E-state index in [0.717, 1.165) is 43.7 Å². The molecule has 1 heterocycles. The molecule has 0 amide bonds. The topological polar surface area (TPSA) is 49.9 Å². The van der Waals surface area contributed by atoms with Crippen LogP contribution < -0.4 is 5.32 Å². The van der Waals surface area contributed by atoms with Crippen LogP contribution in [-0.4, -0.2) is 23.1 Å². The van der Waals surface area contributed by atoms with E-state index in [1.165, 1.54) is 6.26 Å². The highest BCUT2D eigenvalue weighted by molar-refractivity contribution is 6.30. The molecule has 0 saturated carbocycles. The molecule has 2 N–H and O–H groups in total. The molecule has 0 bridgehead atoms. The van der Waals surface area contributed by atoms with E-state index < -0.39 is 0 Å². The fourth-order valence-electron chi connectivity index (χ4n) is 1.60. The summed E-state index contributed by atoms with van der Waals surface area (Å²) in [5.74, 6) is 0.980. The lowest BCUT2D eigenvalue weighted by atomic mass is 10.2. The average molecular weight is 272 g/mol. The molecule has 4 nitrogen and oxygen atoms in total. The van der Waals surface area contributed by atoms with Gasteiger partial charge in [0.05, 0.1) is 18.6 Å². The molecule has 1 rings (SSSR count). The Balaban J connectivity index is 2.24. The van der Waals surface area contributed by atoms with E-state index in [2.05, 4.69) is 28.8 Å². The van der Waals surface area contributed by atoms with Crippen molar-refractivity contribution in [1.82, 2.24) is 15.3 Å². The van der Waals surface area contributed by atoms with E-state index >= 15 is 0 Å². The zero-order valence-electron chi connectivity index (χ0n) is 11.0. The zero-order valence-corrected chi connectivity index (χ0v) is 11.7. The van der Waals surface area contributed by atoms with Crippen molar-refractivity contribution in [3.05, 3.63) is 29.5 Å². The molecule has 18 heavy (non-hydrogen) atoms. The minimum Gasteiger partial charge on any atom is -0.502 e. The number of hydrogen-bond acceptors (Lipinski definition) is 3. The van der Waals surface area contributed by atoms with Crippen molar-refractivity contribution in [3.8, 4) is 0 Å². The number of nitrogens with one attached hydrogen (secondary N) is 2. The van der Waals surface area contributed by atoms with Gasteiger partial charge in [0, 0.05) is 13.0 Å². The summed E-state index contributed by atoms with van der Waals surface area (Å²) in [6.45, 7) is 7.94. The first kappa shape index (κ1) is 15.1. The number of aromatic amines is 1. The minimum atomic E-state index is 0.580. The Kier molecular flexibility index (Phi) is 7.53. The number of unbranched alkanes of at least 4 members (excludes halogenated alkanes) is 1. The van der Waals surface area contributed by atoms with E-state index in [-0.39, 0.29) is 0 Å². The highest BCUT2D eigenvalue weighted by atomic mass is 35.5. The molecule has 0 fully saturated rings. The SMILES string of the molecule is C=COCCCNCc1[nH]c(CCCC)nc1Cl. The van der Waals surface area contributed by atoms with Gasteiger partial charge in [0.25, 0.3) is 0 Å². The van der Waals surface area contributed by atoms with Gasteiger partial charge in [0.1, 0.15) is 5.82 Å². The summed E-state index contributed by atoms with van der Waals surface area (Å²) < 4.78 is 5.04. The number of imidazole rings is 1. The van der Waals surface area contributed by atoms with Gasteiger partial charge >= 0.3 is 0 Å². The molecule has 0 saturated heterocycles. The first-order valence-corrected chi connectivity index (χ1v) is 6.82. The summed E-state index contributed by atoms with van der Waals surface area (Å²) in [5, 5.41) is 3.88. The maximum atomic E-state index is 6.07. The zero-order chi connectivity index (χ0) is 13.2. The van der Waals surface area contributed by atoms with E-state index in [1.807, 2.05) is 0 Å². The van der Waals surface area contributed by atoms with Gasteiger partial charge in [-0.1, -0.05) is 31.5 Å². The average Bonchev–Trinajstić information content (AvgIpc) is 2.72. The lowest BCUT2D eigenvalue weighted by Crippen LogP contribution is -2.16. The van der Waals surface area contributed by atoms with Crippen LogP contribution in [0.25, 0.3) is 0 Å². The summed E-state index contributed by atoms with van der Waals surface area (Å²) in [6.07, 6.45) is 5.67. The highest BCUT2D eigenvalue weighted by Gasteiger charge is 2.07. The number of nitrogens with zero attached hydrogens (tertiary/aromatic N) is 1. The molecule has 0 aliphatic carbocycles. The largest absolute Gasteiger partial charge is 0.502 e. The molecular weight excluding hydrogens is 250 g/mol. The molecule has 0 spiro atoms. The van der Waals surface area contributed by atoms with Gasteiger partial charge in [-0.15, -0.1) is 0 Å². The van der Waals surface area contributed by atoms with Crippen molar-refractivity contribution >= 4 is 11.6 Å². The number of aromatic nitrogens is 2. The van der Waals surface area contributed by atoms with Gasteiger partial charge in [-0.25, -0.2) is 4.98 Å². The lowest BCUT2D eigenvalue weighted by molar-refractivity contribution is 0.244. The molecule has 0 aliphatic heterocycles. The quantitative estimate of drug-likeness (QED) is 0.508. The van der Waals surface area contributed by atoms with Crippen molar-refractivity contribution in [2.24, 2.45) is 0 Å². The van der Waals surface area contributed by atoms with Crippen LogP contribution in [0.1, 0.15) is 37.7 Å². The molecule has 0 atom stereocenters. The second-order valence-corrected chi connectivity index (χ2v) is 4.48. The van der Waals surface area contributed by atoms with Crippen LogP contribution in [0.2, 0.25) is 5.15 Å². The smallest absolute Gasteiger partial charge is 0.151 e. The summed E-state index contributed by atoms with van der Waals surface area (Å²) >= 11 is 6.07. The lowest BCUT2D eigenvalue weighted by Gasteiger charge is -2.03. The summed E-state index contributed by atoms with van der Waals surface area (Å²) in [5.41, 5.74) is 0.965. The molecule has 0 aromatic carbocycles. The number of aryl methyl sites for hydroxylation is 1. The predicted molar refractivity (Wildman–Crippen MR) is 74.7 cm³/mol. The van der Waals surface area contributed by atoms with Gasteiger partial charge in [0.2, 0.25) is 0 Å². The normalized spacial score (nSPS) is 10.6. The van der Waals surface area contributed by atoms with Crippen molar-refractivity contribution < 1.29 is 4.74 Å². The van der Waals surface area contributed by atoms with Crippen molar-refractivity contribution in [1.29, 1.82) is 0 Å². The molecule has 1 aromatic rings. The van der Waals surface area contributed by atoms with Gasteiger partial charge < -0.3 is 15.0 Å². The highest BCUT2D eigenvalue weighted by Crippen LogP contribution is 2.13. The first-order chi connectivity index (χ1) is 8.77. The monoisotopic (exact) mass is 271 g/mol. The summed E-state index contributed by atoms with van der Waals surface area (Å²) in [6, 6.07) is 0. The van der Waals surface area contributed by atoms with Crippen LogP contribution in [0, 0.1) is 0 Å². The number of halogens is 1. The van der Waals surface area contributed by atoms with Crippen LogP contribution >= 0.6 is 11.6 Å². The van der Waals surface area contributed by atoms with E-state index in [1.54, 1.807) is 0 Å². The molecule has 5 heteroatoms. The predicted octanol–water partition coefficient (Wildman–Crippen LogP) is 3.05. The second-order valence-electron chi connectivity index (χ2n) is 4.12. The third-order valence-electron chi connectivity index (χ3n) is 2.58. The minimum absolute atomic E-state index is 0.580. The van der Waals surface area contributed by atoms with E-state index in [0.29, 0.717) is 18.3 Å². The second kappa shape index (κ2) is 9.00. The van der Waals surface area contributed by atoms with Crippen LogP contribution in [0.15, 0.2) is 12.8 Å². The maximum absolute atomic E-state index is 6.07. The fourth-order valence-corrected chi connectivity index (χ4v) is 1.81. The number of hydrogen-bond donors (Lipinski definition) is 2. The van der Waals surface area contributed by atoms with Crippen LogP contribution in [-0.2, 0) is 17.7 Å². The van der Waals surface area contributed by atoms with E-state index in [4.69, 9.17) is 16.3 Å². The Bertz CT molecular complexity index is 352. The van der Waals surface area contributed by atoms with Crippen LogP contribution in [0.3, 0.4) is 0 Å². The Morgan fingerprint density at radius 2 is 2.33 bits per heavy atom. The summed E-state index contributed by atoms with van der Waals surface area (Å²) in [4.78, 5) is 7.57. The van der Waals surface area contributed by atoms with Gasteiger partial charge in [-0.3, -0.25) is 0 Å². The fraction of sp³-hybridized carbons (Fsp3) is 0.615. The van der Waals surface area contributed by atoms with Crippen molar-refractivity contribution in [2.75, 3.05) is 13.2 Å². The number of H-pyrrole nitrogens is 1. The van der Waals surface area contributed by atoms with Gasteiger partial charge in [-0.05, 0) is 19.4 Å². The molecule has 1 aromatic heterocycles. The molecule has 0 aliphatic rings. The molecule has 102 valence electrons.